The van der Waals surface area contributed by atoms with E-state index in [2.05, 4.69) is 29.0 Å². The molecule has 1 unspecified atom stereocenters. The van der Waals surface area contributed by atoms with Gasteiger partial charge in [0.2, 0.25) is 0 Å². The van der Waals surface area contributed by atoms with Gasteiger partial charge in [-0.1, -0.05) is 13.0 Å². The first-order valence-corrected chi connectivity index (χ1v) is 10.2. The third-order valence-corrected chi connectivity index (χ3v) is 6.44. The van der Waals surface area contributed by atoms with Crippen LogP contribution in [0.5, 0.6) is 0 Å². The van der Waals surface area contributed by atoms with Crippen molar-refractivity contribution in [3.05, 3.63) is 53.1 Å². The van der Waals surface area contributed by atoms with E-state index in [1.807, 2.05) is 35.6 Å². The molecule has 0 spiro atoms. The molecule has 0 aliphatic heterocycles. The van der Waals surface area contributed by atoms with Crippen LogP contribution in [-0.2, 0) is 19.2 Å². The molecule has 1 atom stereocenters. The highest BCUT2D eigenvalue weighted by atomic mass is 32.2. The van der Waals surface area contributed by atoms with Gasteiger partial charge in [-0.25, -0.2) is 9.97 Å². The predicted octanol–water partition coefficient (Wildman–Crippen LogP) is 4.60. The summed E-state index contributed by atoms with van der Waals surface area (Å²) in [6, 6.07) is 4.21. The summed E-state index contributed by atoms with van der Waals surface area (Å²) in [5.41, 5.74) is 3.19. The minimum absolute atomic E-state index is 0.259. The summed E-state index contributed by atoms with van der Waals surface area (Å²) in [7, 11) is 2.00. The molecule has 0 radical (unpaired) electrons. The molecule has 1 aliphatic rings. The maximum absolute atomic E-state index is 12.8. The Bertz CT molecular complexity index is 915. The average Bonchev–Trinajstić information content (AvgIpc) is 3.24. The van der Waals surface area contributed by atoms with E-state index >= 15 is 0 Å². The number of ketones is 1. The third kappa shape index (κ3) is 3.16. The van der Waals surface area contributed by atoms with Crippen LogP contribution in [0.15, 0.2) is 41.0 Å². The first-order chi connectivity index (χ1) is 12.1. The molecule has 1 aromatic carbocycles. The van der Waals surface area contributed by atoms with Crippen LogP contribution in [-0.4, -0.2) is 20.3 Å². The summed E-state index contributed by atoms with van der Waals surface area (Å²) in [5, 5.41) is 2.98. The molecule has 0 saturated heterocycles. The van der Waals surface area contributed by atoms with Crippen LogP contribution in [0.3, 0.4) is 0 Å². The van der Waals surface area contributed by atoms with Crippen molar-refractivity contribution in [3.63, 3.8) is 0 Å². The number of benzene rings is 1. The van der Waals surface area contributed by atoms with Crippen molar-refractivity contribution in [1.29, 1.82) is 0 Å². The molecule has 3 aromatic rings. The lowest BCUT2D eigenvalue weighted by Gasteiger charge is -2.24. The van der Waals surface area contributed by atoms with Crippen LogP contribution >= 0.6 is 23.1 Å². The highest BCUT2D eigenvalue weighted by Crippen LogP contribution is 2.40. The fourth-order valence-electron chi connectivity index (χ4n) is 3.34. The van der Waals surface area contributed by atoms with Gasteiger partial charge in [0.1, 0.15) is 10.8 Å². The van der Waals surface area contributed by atoms with Gasteiger partial charge in [0, 0.05) is 53.5 Å². The Morgan fingerprint density at radius 2 is 2.16 bits per heavy atom. The molecule has 0 bridgehead atoms. The van der Waals surface area contributed by atoms with E-state index in [9.17, 15) is 4.79 Å². The Morgan fingerprint density at radius 3 is 2.88 bits per heavy atom. The summed E-state index contributed by atoms with van der Waals surface area (Å²) in [6.07, 6.45) is 7.15. The summed E-state index contributed by atoms with van der Waals surface area (Å²) >= 11 is 3.32. The smallest absolute Gasteiger partial charge is 0.164 e. The zero-order valence-corrected chi connectivity index (χ0v) is 15.9. The first kappa shape index (κ1) is 16.5. The Kier molecular flexibility index (Phi) is 4.48. The van der Waals surface area contributed by atoms with E-state index in [1.165, 1.54) is 5.56 Å². The highest BCUT2D eigenvalue weighted by Gasteiger charge is 2.28. The van der Waals surface area contributed by atoms with Crippen LogP contribution < -0.4 is 0 Å². The van der Waals surface area contributed by atoms with Gasteiger partial charge >= 0.3 is 0 Å². The number of thiazole rings is 1. The number of hydrogen-bond acceptors (Lipinski definition) is 5. The number of Topliss-reactive ketones (excluding diaryl/α,β-unsaturated/α-hetero) is 1. The molecule has 0 amide bonds. The lowest BCUT2D eigenvalue weighted by molar-refractivity contribution is 0.0950. The zero-order chi connectivity index (χ0) is 17.4. The number of aryl methyl sites for hydroxylation is 1. The molecule has 128 valence electrons. The Morgan fingerprint density at radius 1 is 1.28 bits per heavy atom. The number of nitrogens with zero attached hydrogens (tertiary/aromatic N) is 3. The molecule has 0 saturated carbocycles. The minimum atomic E-state index is 0.259. The van der Waals surface area contributed by atoms with Crippen LogP contribution in [0.25, 0.3) is 10.6 Å². The number of hydrogen-bond donors (Lipinski definition) is 0. The average molecular weight is 370 g/mol. The highest BCUT2D eigenvalue weighted by molar-refractivity contribution is 7.98. The molecule has 1 aliphatic carbocycles. The largest absolute Gasteiger partial charge is 0.337 e. The Labute approximate surface area is 155 Å². The summed E-state index contributed by atoms with van der Waals surface area (Å²) in [6.45, 7) is 2.15. The van der Waals surface area contributed by atoms with E-state index in [4.69, 9.17) is 0 Å². The zero-order valence-electron chi connectivity index (χ0n) is 14.2. The summed E-state index contributed by atoms with van der Waals surface area (Å²) < 4.78 is 2.02. The number of fused-ring (bicyclic) bond motifs is 1. The van der Waals surface area contributed by atoms with Gasteiger partial charge in [0.15, 0.2) is 5.78 Å². The van der Waals surface area contributed by atoms with E-state index in [1.54, 1.807) is 23.1 Å². The summed E-state index contributed by atoms with van der Waals surface area (Å²) in [5.74, 6) is 2.41. The molecule has 2 aromatic heterocycles. The van der Waals surface area contributed by atoms with Crippen molar-refractivity contribution in [2.75, 3.05) is 0 Å². The quantitative estimate of drug-likeness (QED) is 0.631. The van der Waals surface area contributed by atoms with Gasteiger partial charge in [0.25, 0.3) is 0 Å². The maximum atomic E-state index is 12.8. The topological polar surface area (TPSA) is 47.8 Å². The Hall–Kier alpha value is -1.92. The molecule has 4 rings (SSSR count). The maximum Gasteiger partial charge on any atom is 0.164 e. The lowest BCUT2D eigenvalue weighted by atomic mass is 9.82. The van der Waals surface area contributed by atoms with E-state index in [0.29, 0.717) is 12.3 Å². The van der Waals surface area contributed by atoms with E-state index in [0.717, 1.165) is 39.0 Å². The normalized spacial score (nSPS) is 16.9. The van der Waals surface area contributed by atoms with Gasteiger partial charge in [-0.05, 0) is 24.0 Å². The van der Waals surface area contributed by atoms with Gasteiger partial charge < -0.3 is 4.57 Å². The molecule has 6 heteroatoms. The van der Waals surface area contributed by atoms with Crippen molar-refractivity contribution < 1.29 is 4.79 Å². The second-order valence-corrected chi connectivity index (χ2v) is 8.39. The summed E-state index contributed by atoms with van der Waals surface area (Å²) in [4.78, 5) is 22.7. The minimum Gasteiger partial charge on any atom is -0.337 e. The second kappa shape index (κ2) is 6.77. The molecular formula is C19H19N3OS2. The van der Waals surface area contributed by atoms with Gasteiger partial charge in [-0.15, -0.1) is 23.1 Å². The molecule has 0 fully saturated rings. The third-order valence-electron chi connectivity index (χ3n) is 4.58. The number of carbonyl (C=O) groups excluding carboxylic acids is 1. The van der Waals surface area contributed by atoms with Crippen molar-refractivity contribution in [2.45, 2.75) is 30.4 Å². The number of imidazole rings is 1. The number of thioether (sulfide) groups is 1. The van der Waals surface area contributed by atoms with Gasteiger partial charge in [-0.3, -0.25) is 4.79 Å². The fourth-order valence-corrected chi connectivity index (χ4v) is 5.14. The van der Waals surface area contributed by atoms with Crippen LogP contribution in [0, 0.1) is 5.92 Å². The second-order valence-electron chi connectivity index (χ2n) is 6.48. The van der Waals surface area contributed by atoms with Crippen LogP contribution in [0.1, 0.15) is 35.1 Å². The molecule has 25 heavy (non-hydrogen) atoms. The van der Waals surface area contributed by atoms with Gasteiger partial charge in [0.05, 0.1) is 5.75 Å². The van der Waals surface area contributed by atoms with E-state index < -0.39 is 0 Å². The van der Waals surface area contributed by atoms with Crippen LogP contribution in [0.2, 0.25) is 0 Å². The first-order valence-electron chi connectivity index (χ1n) is 8.31. The van der Waals surface area contributed by atoms with E-state index in [-0.39, 0.29) is 5.78 Å². The molecule has 2 heterocycles. The number of rotatable bonds is 4. The van der Waals surface area contributed by atoms with Crippen LogP contribution in [0.4, 0.5) is 0 Å². The fraction of sp³-hybridized carbons (Fsp3) is 0.316. The number of aromatic nitrogens is 3. The predicted molar refractivity (Wildman–Crippen MR) is 102 cm³/mol. The van der Waals surface area contributed by atoms with Crippen molar-refractivity contribution in [2.24, 2.45) is 13.0 Å². The molecular weight excluding hydrogens is 350 g/mol. The molecule has 4 nitrogen and oxygen atoms in total. The standard InChI is InChI=1S/C19H19N3OS2/c1-12-9-14-13(19-21-6-8-24-19)3-4-16(18(14)15(23)10-12)25-11-17-20-5-7-22(17)2/h3-8,12H,9-11H2,1-2H3. The van der Waals surface area contributed by atoms with Gasteiger partial charge in [-0.2, -0.15) is 0 Å². The monoisotopic (exact) mass is 369 g/mol. The Balaban J connectivity index is 1.74. The van der Waals surface area contributed by atoms with Crippen molar-refractivity contribution in [3.8, 4) is 10.6 Å². The molecule has 0 N–H and O–H groups in total. The number of carbonyl (C=O) groups is 1. The lowest BCUT2D eigenvalue weighted by Crippen LogP contribution is -2.20. The van der Waals surface area contributed by atoms with Crippen molar-refractivity contribution >= 4 is 28.9 Å². The van der Waals surface area contributed by atoms with Crippen molar-refractivity contribution in [1.82, 2.24) is 14.5 Å². The SMILES string of the molecule is CC1CC(=O)c2c(SCc3nccn3C)ccc(-c3nccs3)c2C1.